The largest absolute Gasteiger partial charge is 0.358 e. The average Bonchev–Trinajstić information content (AvgIpc) is 3.03. The summed E-state index contributed by atoms with van der Waals surface area (Å²) >= 11 is 0. The third-order valence-electron chi connectivity index (χ3n) is 5.39. The summed E-state index contributed by atoms with van der Waals surface area (Å²) in [5.74, 6) is 0.998. The van der Waals surface area contributed by atoms with E-state index < -0.39 is 0 Å². The monoisotopic (exact) mass is 350 g/mol. The topological polar surface area (TPSA) is 66.3 Å². The Morgan fingerprint density at radius 2 is 1.85 bits per heavy atom. The van der Waals surface area contributed by atoms with Crippen LogP contribution in [0.5, 0.6) is 0 Å². The third kappa shape index (κ3) is 2.97. The minimum atomic E-state index is -0.0632. The van der Waals surface area contributed by atoms with E-state index in [1.165, 1.54) is 4.90 Å². The molecule has 0 saturated carbocycles. The second kappa shape index (κ2) is 6.88. The number of aromatic nitrogens is 3. The highest BCUT2D eigenvalue weighted by Crippen LogP contribution is 2.22. The van der Waals surface area contributed by atoms with Gasteiger partial charge in [0, 0.05) is 29.0 Å². The number of benzene rings is 1. The Bertz CT molecular complexity index is 912. The number of nitrogens with zero attached hydrogens (tertiary/aromatic N) is 3. The van der Waals surface area contributed by atoms with Crippen LogP contribution in [0.3, 0.4) is 0 Å². The molecule has 0 unspecified atom stereocenters. The summed E-state index contributed by atoms with van der Waals surface area (Å²) < 4.78 is 0. The molecular formula is C20H24N5O+. The summed E-state index contributed by atoms with van der Waals surface area (Å²) in [6, 6.07) is 9.80. The van der Waals surface area contributed by atoms with Gasteiger partial charge in [-0.05, 0) is 26.0 Å². The number of hydrogen-bond donors (Lipinski definition) is 2. The van der Waals surface area contributed by atoms with Crippen LogP contribution in [-0.2, 0) is 0 Å². The van der Waals surface area contributed by atoms with Crippen molar-refractivity contribution in [2.75, 3.05) is 31.1 Å². The highest BCUT2D eigenvalue weighted by Gasteiger charge is 2.32. The number of ketones is 1. The Kier molecular flexibility index (Phi) is 4.42. The van der Waals surface area contributed by atoms with Crippen molar-refractivity contribution >= 4 is 22.6 Å². The van der Waals surface area contributed by atoms with Gasteiger partial charge in [0.15, 0.2) is 0 Å². The summed E-state index contributed by atoms with van der Waals surface area (Å²) in [6.07, 6.45) is 3.54. The van der Waals surface area contributed by atoms with Crippen molar-refractivity contribution in [2.45, 2.75) is 19.9 Å². The van der Waals surface area contributed by atoms with Crippen molar-refractivity contribution in [1.29, 1.82) is 0 Å². The molecule has 1 fully saturated rings. The molecule has 0 bridgehead atoms. The summed E-state index contributed by atoms with van der Waals surface area (Å²) in [6.45, 7) is 7.58. The van der Waals surface area contributed by atoms with Gasteiger partial charge >= 0.3 is 0 Å². The Labute approximate surface area is 152 Å². The van der Waals surface area contributed by atoms with Gasteiger partial charge in [0.2, 0.25) is 11.7 Å². The fraction of sp³-hybridized carbons (Fsp3) is 0.350. The van der Waals surface area contributed by atoms with Crippen LogP contribution >= 0.6 is 0 Å². The van der Waals surface area contributed by atoms with E-state index in [1.54, 1.807) is 12.4 Å². The molecule has 0 spiro atoms. The Balaban J connectivity index is 1.49. The molecule has 0 amide bonds. The molecule has 1 atom stereocenters. The molecule has 1 aliphatic heterocycles. The summed E-state index contributed by atoms with van der Waals surface area (Å²) in [5.41, 5.74) is 2.83. The first-order chi connectivity index (χ1) is 12.6. The van der Waals surface area contributed by atoms with Gasteiger partial charge in [-0.25, -0.2) is 9.97 Å². The predicted molar refractivity (Wildman–Crippen MR) is 102 cm³/mol. The van der Waals surface area contributed by atoms with Crippen LogP contribution in [0.2, 0.25) is 0 Å². The third-order valence-corrected chi connectivity index (χ3v) is 5.39. The number of quaternary nitrogens is 1. The number of hydrogen-bond acceptors (Lipinski definition) is 4. The van der Waals surface area contributed by atoms with Crippen LogP contribution in [0.1, 0.15) is 23.0 Å². The maximum absolute atomic E-state index is 13.2. The molecule has 4 rings (SSSR count). The van der Waals surface area contributed by atoms with E-state index in [4.69, 9.17) is 0 Å². The van der Waals surface area contributed by atoms with Gasteiger partial charge in [-0.1, -0.05) is 18.2 Å². The second-order valence-corrected chi connectivity index (χ2v) is 6.95. The molecule has 3 heterocycles. The second-order valence-electron chi connectivity index (χ2n) is 6.95. The zero-order chi connectivity index (χ0) is 18.1. The molecule has 1 saturated heterocycles. The van der Waals surface area contributed by atoms with Crippen molar-refractivity contribution in [2.24, 2.45) is 0 Å². The lowest BCUT2D eigenvalue weighted by atomic mass is 10.0. The van der Waals surface area contributed by atoms with E-state index >= 15 is 0 Å². The van der Waals surface area contributed by atoms with Gasteiger partial charge in [-0.2, -0.15) is 0 Å². The molecule has 2 aromatic heterocycles. The molecule has 0 aliphatic carbocycles. The normalized spacial score (nSPS) is 16.8. The zero-order valence-corrected chi connectivity index (χ0v) is 15.2. The minimum Gasteiger partial charge on any atom is -0.358 e. The number of anilines is 1. The van der Waals surface area contributed by atoms with Gasteiger partial charge in [-0.15, -0.1) is 0 Å². The molecule has 134 valence electrons. The molecule has 1 aliphatic rings. The number of Topliss-reactive ketones (excluding diaryl/α,β-unsaturated/α-hetero) is 1. The van der Waals surface area contributed by atoms with Gasteiger partial charge in [-0.3, -0.25) is 4.79 Å². The van der Waals surface area contributed by atoms with E-state index in [1.807, 2.05) is 44.2 Å². The smallest absolute Gasteiger partial charge is 0.225 e. The standard InChI is InChI=1S/C20H23N5O/c1-14-18(16-6-3-4-7-17(16)23-14)19(26)15(2)24-10-12-25(13-11-24)20-21-8-5-9-22-20/h3-9,15,23H,10-13H2,1-2H3/p+1/t15-/m0/s1. The van der Waals surface area contributed by atoms with Crippen molar-refractivity contribution in [1.82, 2.24) is 15.0 Å². The van der Waals surface area contributed by atoms with Crippen LogP contribution in [0.15, 0.2) is 42.7 Å². The number of carbonyl (C=O) groups excluding carboxylic acids is 1. The lowest BCUT2D eigenvalue weighted by Crippen LogP contribution is -3.18. The molecular weight excluding hydrogens is 326 g/mol. The highest BCUT2D eigenvalue weighted by atomic mass is 16.1. The number of para-hydroxylation sites is 1. The van der Waals surface area contributed by atoms with E-state index in [-0.39, 0.29) is 11.8 Å². The number of nitrogens with one attached hydrogen (secondary N) is 2. The fourth-order valence-electron chi connectivity index (χ4n) is 3.88. The highest BCUT2D eigenvalue weighted by molar-refractivity contribution is 6.10. The van der Waals surface area contributed by atoms with Gasteiger partial charge in [0.25, 0.3) is 0 Å². The lowest BCUT2D eigenvalue weighted by Gasteiger charge is -2.34. The van der Waals surface area contributed by atoms with Gasteiger partial charge in [0.1, 0.15) is 6.04 Å². The number of H-pyrrole nitrogens is 1. The van der Waals surface area contributed by atoms with Crippen molar-refractivity contribution in [3.63, 3.8) is 0 Å². The maximum atomic E-state index is 13.2. The van der Waals surface area contributed by atoms with Crippen molar-refractivity contribution < 1.29 is 9.69 Å². The molecule has 2 N–H and O–H groups in total. The molecule has 0 radical (unpaired) electrons. The first-order valence-electron chi connectivity index (χ1n) is 9.13. The van der Waals surface area contributed by atoms with Gasteiger partial charge < -0.3 is 14.8 Å². The van der Waals surface area contributed by atoms with E-state index in [2.05, 4.69) is 19.9 Å². The molecule has 3 aromatic rings. The summed E-state index contributed by atoms with van der Waals surface area (Å²) in [7, 11) is 0. The number of piperazine rings is 1. The Hall–Kier alpha value is -2.73. The first-order valence-corrected chi connectivity index (χ1v) is 9.13. The molecule has 6 heteroatoms. The van der Waals surface area contributed by atoms with Crippen LogP contribution in [0.4, 0.5) is 5.95 Å². The van der Waals surface area contributed by atoms with Crippen molar-refractivity contribution in [3.8, 4) is 0 Å². The molecule has 26 heavy (non-hydrogen) atoms. The zero-order valence-electron chi connectivity index (χ0n) is 15.2. The predicted octanol–water partition coefficient (Wildman–Crippen LogP) is 1.24. The van der Waals surface area contributed by atoms with Crippen molar-refractivity contribution in [3.05, 3.63) is 54.0 Å². The molecule has 1 aromatic carbocycles. The summed E-state index contributed by atoms with van der Waals surface area (Å²) in [5, 5.41) is 1.03. The quantitative estimate of drug-likeness (QED) is 0.695. The summed E-state index contributed by atoms with van der Waals surface area (Å²) in [4.78, 5) is 28.7. The van der Waals surface area contributed by atoms with Crippen LogP contribution in [-0.4, -0.2) is 53.0 Å². The van der Waals surface area contributed by atoms with E-state index in [9.17, 15) is 4.79 Å². The van der Waals surface area contributed by atoms with Crippen LogP contribution in [0, 0.1) is 6.92 Å². The Morgan fingerprint density at radius 1 is 1.15 bits per heavy atom. The number of aromatic amines is 1. The van der Waals surface area contributed by atoms with Crippen LogP contribution < -0.4 is 9.80 Å². The number of carbonyl (C=O) groups is 1. The maximum Gasteiger partial charge on any atom is 0.225 e. The Morgan fingerprint density at radius 3 is 2.58 bits per heavy atom. The average molecular weight is 350 g/mol. The molecule has 6 nitrogen and oxygen atoms in total. The first kappa shape index (κ1) is 16.7. The van der Waals surface area contributed by atoms with Gasteiger partial charge in [0.05, 0.1) is 31.7 Å². The van der Waals surface area contributed by atoms with Crippen LogP contribution in [0.25, 0.3) is 10.9 Å². The number of rotatable bonds is 4. The lowest BCUT2D eigenvalue weighted by molar-refractivity contribution is -0.914. The van der Waals surface area contributed by atoms with E-state index in [0.717, 1.165) is 54.3 Å². The minimum absolute atomic E-state index is 0.0632. The fourth-order valence-corrected chi connectivity index (χ4v) is 3.88. The van der Waals surface area contributed by atoms with E-state index in [0.29, 0.717) is 0 Å². The SMILES string of the molecule is Cc1[nH]c2ccccc2c1C(=O)[C@H](C)[NH+]1CCN(c2ncccn2)CC1. The number of aryl methyl sites for hydroxylation is 1. The number of fused-ring (bicyclic) bond motifs is 1.